The van der Waals surface area contributed by atoms with Crippen LogP contribution in [0.5, 0.6) is 0 Å². The Hall–Kier alpha value is -4.19. The number of imidazole rings is 1. The number of fused-ring (bicyclic) bond motifs is 1. The molecule has 0 radical (unpaired) electrons. The van der Waals surface area contributed by atoms with Gasteiger partial charge in [0, 0.05) is 43.8 Å². The number of amides is 1. The summed E-state index contributed by atoms with van der Waals surface area (Å²) < 4.78 is 12.4. The second-order valence-corrected chi connectivity index (χ2v) is 10.3. The Bertz CT molecular complexity index is 1390. The molecule has 2 N–H and O–H groups in total. The van der Waals surface area contributed by atoms with E-state index in [-0.39, 0.29) is 12.1 Å². The molecule has 3 aromatic heterocycles. The zero-order valence-electron chi connectivity index (χ0n) is 23.4. The predicted molar refractivity (Wildman–Crippen MR) is 152 cm³/mol. The number of esters is 1. The number of nitrogens with zero attached hydrogens (tertiary/aromatic N) is 6. The Morgan fingerprint density at radius 3 is 2.50 bits per heavy atom. The SMILES string of the molecule is CCOC(=O)C1(CC)CCN(c2ncc(-c3cc(N4C=CCN4)n4cc(NC(=O)OC(C)C)nc4c3)cn2)CC1. The van der Waals surface area contributed by atoms with Crippen LogP contribution in [-0.4, -0.2) is 63.8 Å². The number of carbonyl (C=O) groups excluding carboxylic acids is 2. The standard InChI is InChI=1S/C28H36N8O4/c1-5-28(25(37)39-6-2)8-12-34(13-9-28)26-29-16-21(17-30-26)20-14-23-32-22(33-27(38)40-19(3)4)18-35(23)24(15-20)36-11-7-10-31-36/h7,11,14-19,31H,5-6,8-10,12-13H2,1-4H3,(H,33,38). The molecular weight excluding hydrogens is 512 g/mol. The van der Waals surface area contributed by atoms with Crippen LogP contribution in [0.4, 0.5) is 22.4 Å². The number of anilines is 3. The zero-order valence-corrected chi connectivity index (χ0v) is 23.4. The first-order chi connectivity index (χ1) is 19.3. The smallest absolute Gasteiger partial charge is 0.413 e. The minimum atomic E-state index is -0.556. The van der Waals surface area contributed by atoms with Gasteiger partial charge in [0.05, 0.1) is 24.3 Å². The summed E-state index contributed by atoms with van der Waals surface area (Å²) in [5.41, 5.74) is 5.21. The minimum absolute atomic E-state index is 0.101. The first-order valence-corrected chi connectivity index (χ1v) is 13.8. The molecule has 2 aliphatic rings. The average molecular weight is 549 g/mol. The second kappa shape index (κ2) is 11.5. The Morgan fingerprint density at radius 1 is 1.12 bits per heavy atom. The average Bonchev–Trinajstić information content (AvgIpc) is 3.62. The molecule has 5 heterocycles. The van der Waals surface area contributed by atoms with Gasteiger partial charge < -0.3 is 14.4 Å². The van der Waals surface area contributed by atoms with Crippen LogP contribution in [0.3, 0.4) is 0 Å². The summed E-state index contributed by atoms with van der Waals surface area (Å²) in [4.78, 5) is 40.8. The molecule has 0 spiro atoms. The third-order valence-electron chi connectivity index (χ3n) is 7.36. The van der Waals surface area contributed by atoms with Crippen molar-refractivity contribution >= 4 is 35.3 Å². The molecule has 0 bridgehead atoms. The molecule has 1 fully saturated rings. The molecule has 0 aromatic carbocycles. The van der Waals surface area contributed by atoms with E-state index in [1.807, 2.05) is 47.7 Å². The van der Waals surface area contributed by atoms with E-state index in [2.05, 4.69) is 30.6 Å². The Morgan fingerprint density at radius 2 is 1.88 bits per heavy atom. The van der Waals surface area contributed by atoms with Crippen molar-refractivity contribution in [3.63, 3.8) is 0 Å². The molecule has 12 heteroatoms. The maximum Gasteiger partial charge on any atom is 0.413 e. The van der Waals surface area contributed by atoms with E-state index in [1.54, 1.807) is 32.4 Å². The molecule has 0 atom stereocenters. The Labute approximate surface area is 233 Å². The lowest BCUT2D eigenvalue weighted by Crippen LogP contribution is -2.45. The van der Waals surface area contributed by atoms with Crippen molar-refractivity contribution < 1.29 is 19.1 Å². The van der Waals surface area contributed by atoms with Crippen LogP contribution >= 0.6 is 0 Å². The van der Waals surface area contributed by atoms with Crippen molar-refractivity contribution in [2.45, 2.75) is 53.1 Å². The van der Waals surface area contributed by atoms with Crippen molar-refractivity contribution in [2.24, 2.45) is 5.41 Å². The molecular formula is C28H36N8O4. The number of carbonyl (C=O) groups is 2. The van der Waals surface area contributed by atoms with Gasteiger partial charge in [-0.25, -0.2) is 25.2 Å². The number of hydrogen-bond acceptors (Lipinski definition) is 10. The fourth-order valence-corrected chi connectivity index (χ4v) is 5.10. The summed E-state index contributed by atoms with van der Waals surface area (Å²) in [7, 11) is 0. The summed E-state index contributed by atoms with van der Waals surface area (Å²) in [5.74, 6) is 1.73. The molecule has 0 unspecified atom stereocenters. The summed E-state index contributed by atoms with van der Waals surface area (Å²) >= 11 is 0. The summed E-state index contributed by atoms with van der Waals surface area (Å²) in [5, 5.41) is 4.60. The Kier molecular flexibility index (Phi) is 7.88. The van der Waals surface area contributed by atoms with Crippen molar-refractivity contribution in [2.75, 3.05) is 41.5 Å². The van der Waals surface area contributed by atoms with Crippen molar-refractivity contribution in [1.29, 1.82) is 0 Å². The molecule has 2 aliphatic heterocycles. The molecule has 12 nitrogen and oxygen atoms in total. The molecule has 5 rings (SSSR count). The van der Waals surface area contributed by atoms with E-state index >= 15 is 0 Å². The number of hydrazine groups is 1. The van der Waals surface area contributed by atoms with Gasteiger partial charge in [0.15, 0.2) is 5.82 Å². The van der Waals surface area contributed by atoms with Crippen molar-refractivity contribution in [1.82, 2.24) is 24.8 Å². The van der Waals surface area contributed by atoms with Crippen molar-refractivity contribution in [3.8, 4) is 11.1 Å². The van der Waals surface area contributed by atoms with Crippen LogP contribution in [0.15, 0.2) is 43.0 Å². The van der Waals surface area contributed by atoms with Crippen LogP contribution in [0.25, 0.3) is 16.8 Å². The van der Waals surface area contributed by atoms with Gasteiger partial charge in [-0.3, -0.25) is 19.5 Å². The van der Waals surface area contributed by atoms with Gasteiger partial charge in [-0.1, -0.05) is 13.0 Å². The third-order valence-corrected chi connectivity index (χ3v) is 7.36. The molecule has 40 heavy (non-hydrogen) atoms. The highest BCUT2D eigenvalue weighted by Gasteiger charge is 2.41. The first kappa shape index (κ1) is 27.4. The van der Waals surface area contributed by atoms with E-state index in [0.29, 0.717) is 56.5 Å². The molecule has 3 aromatic rings. The third kappa shape index (κ3) is 5.57. The van der Waals surface area contributed by atoms with Gasteiger partial charge in [0.2, 0.25) is 5.95 Å². The van der Waals surface area contributed by atoms with E-state index in [1.165, 1.54) is 0 Å². The molecule has 212 valence electrons. The van der Waals surface area contributed by atoms with Gasteiger partial charge >= 0.3 is 12.1 Å². The van der Waals surface area contributed by atoms with Gasteiger partial charge in [0.25, 0.3) is 0 Å². The van der Waals surface area contributed by atoms with Crippen LogP contribution in [0.1, 0.15) is 47.0 Å². The summed E-state index contributed by atoms with van der Waals surface area (Å²) in [6.07, 6.45) is 10.7. The lowest BCUT2D eigenvalue weighted by Gasteiger charge is -2.39. The zero-order chi connectivity index (χ0) is 28.3. The number of hydrogen-bond donors (Lipinski definition) is 2. The van der Waals surface area contributed by atoms with Gasteiger partial charge in [-0.05, 0) is 57.7 Å². The minimum Gasteiger partial charge on any atom is -0.466 e. The number of nitrogens with one attached hydrogen (secondary N) is 2. The lowest BCUT2D eigenvalue weighted by molar-refractivity contribution is -0.157. The number of piperidine rings is 1. The molecule has 0 aliphatic carbocycles. The van der Waals surface area contributed by atoms with Gasteiger partial charge in [-0.2, -0.15) is 0 Å². The van der Waals surface area contributed by atoms with Crippen LogP contribution in [0, 0.1) is 5.41 Å². The van der Waals surface area contributed by atoms with Gasteiger partial charge in [-0.15, -0.1) is 0 Å². The van der Waals surface area contributed by atoms with E-state index in [9.17, 15) is 9.59 Å². The normalized spacial score (nSPS) is 16.5. The number of aromatic nitrogens is 4. The van der Waals surface area contributed by atoms with Gasteiger partial charge in [0.1, 0.15) is 11.5 Å². The monoisotopic (exact) mass is 548 g/mol. The topological polar surface area (TPSA) is 126 Å². The first-order valence-electron chi connectivity index (χ1n) is 13.8. The maximum atomic E-state index is 12.6. The largest absolute Gasteiger partial charge is 0.466 e. The summed E-state index contributed by atoms with van der Waals surface area (Å²) in [6, 6.07) is 3.94. The molecule has 1 amide bonds. The van der Waals surface area contributed by atoms with Crippen LogP contribution < -0.4 is 20.7 Å². The predicted octanol–water partition coefficient (Wildman–Crippen LogP) is 4.15. The van der Waals surface area contributed by atoms with E-state index in [4.69, 9.17) is 9.47 Å². The number of rotatable bonds is 8. The summed E-state index contributed by atoms with van der Waals surface area (Å²) in [6.45, 7) is 9.96. The fraction of sp³-hybridized carbons (Fsp3) is 0.464. The fourth-order valence-electron chi connectivity index (χ4n) is 5.10. The number of ether oxygens (including phenoxy) is 2. The maximum absolute atomic E-state index is 12.6. The van der Waals surface area contributed by atoms with E-state index in [0.717, 1.165) is 23.4 Å². The number of pyridine rings is 1. The van der Waals surface area contributed by atoms with E-state index < -0.39 is 11.5 Å². The highest BCUT2D eigenvalue weighted by molar-refractivity contribution is 5.84. The quantitative estimate of drug-likeness (QED) is 0.397. The lowest BCUT2D eigenvalue weighted by atomic mass is 9.76. The van der Waals surface area contributed by atoms with Crippen molar-refractivity contribution in [3.05, 3.63) is 43.0 Å². The van der Waals surface area contributed by atoms with Crippen LogP contribution in [0.2, 0.25) is 0 Å². The molecule has 0 saturated carbocycles. The highest BCUT2D eigenvalue weighted by atomic mass is 16.6. The second-order valence-electron chi connectivity index (χ2n) is 10.3. The highest BCUT2D eigenvalue weighted by Crippen LogP contribution is 2.37. The molecule has 1 saturated heterocycles. The van der Waals surface area contributed by atoms with Crippen LogP contribution in [-0.2, 0) is 14.3 Å². The Balaban J connectivity index is 1.38.